The molecule has 110 valence electrons. The maximum Gasteiger partial charge on any atom is 0.352 e. The monoisotopic (exact) mass is 304 g/mol. The molecule has 6 heteroatoms. The van der Waals surface area contributed by atoms with Crippen LogP contribution < -0.4 is 0 Å². The smallest absolute Gasteiger partial charge is 0.352 e. The van der Waals surface area contributed by atoms with Crippen LogP contribution in [0.2, 0.25) is 0 Å². The summed E-state index contributed by atoms with van der Waals surface area (Å²) in [6.45, 7) is 1.33. The number of thiophene rings is 1. The summed E-state index contributed by atoms with van der Waals surface area (Å²) in [6, 6.07) is 7.24. The van der Waals surface area contributed by atoms with Gasteiger partial charge in [-0.2, -0.15) is 0 Å². The molecule has 2 aromatic rings. The molecule has 0 radical (unpaired) electrons. The van der Waals surface area contributed by atoms with Gasteiger partial charge in [0.25, 0.3) is 5.91 Å². The molecule has 0 spiro atoms. The van der Waals surface area contributed by atoms with E-state index in [4.69, 9.17) is 5.11 Å². The van der Waals surface area contributed by atoms with Crippen LogP contribution in [0.1, 0.15) is 39.0 Å². The largest absolute Gasteiger partial charge is 0.477 e. The third-order valence-electron chi connectivity index (χ3n) is 3.88. The summed E-state index contributed by atoms with van der Waals surface area (Å²) < 4.78 is 1.81. The minimum absolute atomic E-state index is 0.0782. The molecule has 2 aromatic heterocycles. The molecule has 0 aromatic carbocycles. The number of carbonyl (C=O) groups is 2. The Morgan fingerprint density at radius 1 is 1.19 bits per heavy atom. The molecular formula is C15H16N2O3S. The molecule has 0 atom stereocenters. The number of nitrogens with zero attached hydrogens (tertiary/aromatic N) is 2. The van der Waals surface area contributed by atoms with Gasteiger partial charge in [0.05, 0.1) is 4.88 Å². The Bertz CT molecular complexity index is 640. The lowest BCUT2D eigenvalue weighted by atomic mass is 10.0. The van der Waals surface area contributed by atoms with Gasteiger partial charge in [-0.1, -0.05) is 6.07 Å². The summed E-state index contributed by atoms with van der Waals surface area (Å²) in [7, 11) is 0. The van der Waals surface area contributed by atoms with E-state index in [1.807, 2.05) is 33.2 Å². The normalized spacial score (nSPS) is 16.1. The molecule has 1 saturated heterocycles. The second kappa shape index (κ2) is 5.73. The third kappa shape index (κ3) is 2.71. The lowest BCUT2D eigenvalue weighted by Gasteiger charge is -2.33. The molecule has 1 fully saturated rings. The van der Waals surface area contributed by atoms with Gasteiger partial charge in [0.2, 0.25) is 0 Å². The Morgan fingerprint density at radius 3 is 2.57 bits per heavy atom. The van der Waals surface area contributed by atoms with Gasteiger partial charge in [-0.3, -0.25) is 4.79 Å². The van der Waals surface area contributed by atoms with Gasteiger partial charge in [0.15, 0.2) is 0 Å². The number of aromatic nitrogens is 1. The fourth-order valence-electron chi connectivity index (χ4n) is 2.80. The molecule has 1 aliphatic rings. The molecule has 3 heterocycles. The van der Waals surface area contributed by atoms with Crippen LogP contribution in [0.4, 0.5) is 0 Å². The molecular weight excluding hydrogens is 288 g/mol. The van der Waals surface area contributed by atoms with E-state index >= 15 is 0 Å². The minimum atomic E-state index is -0.905. The number of hydrogen-bond donors (Lipinski definition) is 1. The minimum Gasteiger partial charge on any atom is -0.477 e. The Balaban J connectivity index is 1.66. The zero-order valence-corrected chi connectivity index (χ0v) is 12.3. The Morgan fingerprint density at radius 2 is 1.95 bits per heavy atom. The van der Waals surface area contributed by atoms with Gasteiger partial charge >= 0.3 is 5.97 Å². The molecule has 21 heavy (non-hydrogen) atoms. The molecule has 1 N–H and O–H groups in total. The Labute approximate surface area is 126 Å². The molecule has 0 aliphatic carbocycles. The average Bonchev–Trinajstić information content (AvgIpc) is 3.18. The highest BCUT2D eigenvalue weighted by Gasteiger charge is 2.26. The summed E-state index contributed by atoms with van der Waals surface area (Å²) in [4.78, 5) is 26.1. The molecule has 0 saturated carbocycles. The Hall–Kier alpha value is -2.08. The van der Waals surface area contributed by atoms with Crippen molar-refractivity contribution < 1.29 is 14.7 Å². The molecule has 0 unspecified atom stereocenters. The van der Waals surface area contributed by atoms with Crippen molar-refractivity contribution in [3.63, 3.8) is 0 Å². The van der Waals surface area contributed by atoms with Crippen LogP contribution in [0, 0.1) is 0 Å². The highest BCUT2D eigenvalue weighted by Crippen LogP contribution is 2.26. The predicted octanol–water partition coefficient (Wildman–Crippen LogP) is 2.73. The van der Waals surface area contributed by atoms with Crippen molar-refractivity contribution in [2.45, 2.75) is 18.9 Å². The van der Waals surface area contributed by atoms with E-state index in [0.29, 0.717) is 18.8 Å². The van der Waals surface area contributed by atoms with E-state index in [2.05, 4.69) is 0 Å². The van der Waals surface area contributed by atoms with Crippen LogP contribution in [-0.4, -0.2) is 39.5 Å². The average molecular weight is 304 g/mol. The number of carboxylic acids is 1. The van der Waals surface area contributed by atoms with Crippen molar-refractivity contribution in [2.24, 2.45) is 0 Å². The summed E-state index contributed by atoms with van der Waals surface area (Å²) in [6.07, 6.45) is 3.38. The second-order valence-electron chi connectivity index (χ2n) is 5.11. The maximum atomic E-state index is 12.3. The van der Waals surface area contributed by atoms with Gasteiger partial charge in [0.1, 0.15) is 5.69 Å². The number of likely N-dealkylation sites (tertiary alicyclic amines) is 1. The molecule has 0 bridgehead atoms. The molecule has 5 nitrogen and oxygen atoms in total. The Kier molecular flexibility index (Phi) is 3.79. The molecule has 1 aliphatic heterocycles. The van der Waals surface area contributed by atoms with Crippen molar-refractivity contribution in [3.8, 4) is 0 Å². The van der Waals surface area contributed by atoms with Crippen molar-refractivity contribution >= 4 is 23.2 Å². The van der Waals surface area contributed by atoms with Crippen molar-refractivity contribution in [2.75, 3.05) is 13.1 Å². The number of rotatable bonds is 3. The first-order valence-corrected chi connectivity index (χ1v) is 7.77. The van der Waals surface area contributed by atoms with Crippen LogP contribution in [-0.2, 0) is 0 Å². The van der Waals surface area contributed by atoms with Crippen LogP contribution >= 0.6 is 11.3 Å². The van der Waals surface area contributed by atoms with E-state index in [9.17, 15) is 9.59 Å². The fraction of sp³-hybridized carbons (Fsp3) is 0.333. The van der Waals surface area contributed by atoms with E-state index < -0.39 is 5.97 Å². The standard InChI is InChI=1S/C15H16N2O3S/c18-14(13-4-2-10-21-13)16-8-5-11(6-9-16)17-7-1-3-12(17)15(19)20/h1-4,7,10-11H,5-6,8-9H2,(H,19,20). The first kappa shape index (κ1) is 13.9. The van der Waals surface area contributed by atoms with E-state index in [0.717, 1.165) is 17.7 Å². The number of aromatic carboxylic acids is 1. The SMILES string of the molecule is O=C(O)c1cccn1C1CCN(C(=O)c2cccs2)CC1. The third-order valence-corrected chi connectivity index (χ3v) is 4.73. The van der Waals surface area contributed by atoms with Gasteiger partial charge in [-0.15, -0.1) is 11.3 Å². The summed E-state index contributed by atoms with van der Waals surface area (Å²) in [5, 5.41) is 11.1. The van der Waals surface area contributed by atoms with Crippen molar-refractivity contribution in [1.29, 1.82) is 0 Å². The first-order valence-electron chi connectivity index (χ1n) is 6.89. The van der Waals surface area contributed by atoms with Gasteiger partial charge in [0, 0.05) is 25.3 Å². The number of amides is 1. The second-order valence-corrected chi connectivity index (χ2v) is 6.05. The maximum absolute atomic E-state index is 12.3. The van der Waals surface area contributed by atoms with Crippen LogP contribution in [0.15, 0.2) is 35.8 Å². The number of carboxylic acid groups (broad SMARTS) is 1. The van der Waals surface area contributed by atoms with Crippen molar-refractivity contribution in [1.82, 2.24) is 9.47 Å². The zero-order valence-electron chi connectivity index (χ0n) is 11.4. The predicted molar refractivity (Wildman–Crippen MR) is 79.9 cm³/mol. The zero-order chi connectivity index (χ0) is 14.8. The van der Waals surface area contributed by atoms with Gasteiger partial charge < -0.3 is 14.6 Å². The van der Waals surface area contributed by atoms with E-state index in [1.54, 1.807) is 12.1 Å². The molecule has 3 rings (SSSR count). The van der Waals surface area contributed by atoms with Crippen molar-refractivity contribution in [3.05, 3.63) is 46.4 Å². The summed E-state index contributed by atoms with van der Waals surface area (Å²) >= 11 is 1.46. The highest BCUT2D eigenvalue weighted by atomic mass is 32.1. The van der Waals surface area contributed by atoms with E-state index in [-0.39, 0.29) is 11.9 Å². The first-order chi connectivity index (χ1) is 10.2. The quantitative estimate of drug-likeness (QED) is 0.948. The van der Waals surface area contributed by atoms with Gasteiger partial charge in [-0.25, -0.2) is 4.79 Å². The number of hydrogen-bond acceptors (Lipinski definition) is 3. The molecule has 1 amide bonds. The number of piperidine rings is 1. The number of carbonyl (C=O) groups excluding carboxylic acids is 1. The van der Waals surface area contributed by atoms with Crippen LogP contribution in [0.3, 0.4) is 0 Å². The summed E-state index contributed by atoms with van der Waals surface area (Å²) in [5.41, 5.74) is 0.318. The van der Waals surface area contributed by atoms with Gasteiger partial charge in [-0.05, 0) is 36.4 Å². The fourth-order valence-corrected chi connectivity index (χ4v) is 3.49. The van der Waals surface area contributed by atoms with E-state index in [1.165, 1.54) is 11.3 Å². The van der Waals surface area contributed by atoms with Crippen LogP contribution in [0.5, 0.6) is 0 Å². The topological polar surface area (TPSA) is 62.5 Å². The lowest BCUT2D eigenvalue weighted by Crippen LogP contribution is -2.39. The summed E-state index contributed by atoms with van der Waals surface area (Å²) in [5.74, 6) is -0.827. The van der Waals surface area contributed by atoms with Crippen LogP contribution in [0.25, 0.3) is 0 Å². The lowest BCUT2D eigenvalue weighted by molar-refractivity contribution is 0.0652. The highest BCUT2D eigenvalue weighted by molar-refractivity contribution is 7.12.